The Morgan fingerprint density at radius 3 is 2.79 bits per heavy atom. The van der Waals surface area contributed by atoms with Crippen LogP contribution in [0.2, 0.25) is 5.15 Å². The smallest absolute Gasteiger partial charge is 0.300 e. The number of anilines is 1. The highest BCUT2D eigenvalue weighted by Gasteiger charge is 2.05. The van der Waals surface area contributed by atoms with E-state index in [4.69, 9.17) is 11.6 Å². The molecule has 0 bridgehead atoms. The number of carbonyl (C=O) groups is 1. The Labute approximate surface area is 124 Å². The Morgan fingerprint density at radius 2 is 2.05 bits per heavy atom. The first-order chi connectivity index (χ1) is 9.15. The second-order valence-electron chi connectivity index (χ2n) is 3.56. The van der Waals surface area contributed by atoms with Crippen molar-refractivity contribution >= 4 is 39.1 Å². The molecule has 94 valence electrons. The van der Waals surface area contributed by atoms with Crippen molar-refractivity contribution in [3.63, 3.8) is 0 Å². The number of hydrogen-bond acceptors (Lipinski definition) is 2. The van der Waals surface area contributed by atoms with Crippen molar-refractivity contribution in [3.05, 3.63) is 57.8 Å². The lowest BCUT2D eigenvalue weighted by Crippen LogP contribution is -2.09. The van der Waals surface area contributed by atoms with Gasteiger partial charge in [-0.15, -0.1) is 0 Å². The summed E-state index contributed by atoms with van der Waals surface area (Å²) >= 11 is 9.12. The molecule has 1 heterocycles. The van der Waals surface area contributed by atoms with Crippen LogP contribution in [0.5, 0.6) is 0 Å². The van der Waals surface area contributed by atoms with Crippen LogP contribution >= 0.6 is 27.5 Å². The Balaban J connectivity index is 2.10. The van der Waals surface area contributed by atoms with Gasteiger partial charge in [0.25, 0.3) is 0 Å². The summed E-state index contributed by atoms with van der Waals surface area (Å²) in [6.45, 7) is 0. The lowest BCUT2D eigenvalue weighted by Gasteiger charge is -2.02. The molecule has 1 aromatic carbocycles. The molecule has 1 amide bonds. The molecule has 3 nitrogen and oxygen atoms in total. The van der Waals surface area contributed by atoms with Crippen molar-refractivity contribution in [1.29, 1.82) is 0 Å². The predicted octanol–water partition coefficient (Wildman–Crippen LogP) is 3.49. The zero-order chi connectivity index (χ0) is 13.7. The summed E-state index contributed by atoms with van der Waals surface area (Å²) in [6, 6.07) is 10.9. The largest absolute Gasteiger partial charge is 0.312 e. The minimum absolute atomic E-state index is 0.220. The molecule has 5 heteroatoms. The van der Waals surface area contributed by atoms with E-state index in [1.165, 1.54) is 0 Å². The van der Waals surface area contributed by atoms with Gasteiger partial charge in [0.2, 0.25) is 0 Å². The van der Waals surface area contributed by atoms with Crippen molar-refractivity contribution in [2.45, 2.75) is 0 Å². The van der Waals surface area contributed by atoms with Crippen LogP contribution in [-0.2, 0) is 4.79 Å². The summed E-state index contributed by atoms with van der Waals surface area (Å²) in [5.74, 6) is 4.81. The molecule has 0 spiro atoms. The van der Waals surface area contributed by atoms with Gasteiger partial charge in [-0.3, -0.25) is 4.79 Å². The standard InChI is InChI=1S/C14H8BrClN2O/c15-11-8-12(14(16)17-9-11)18-13(19)7-6-10-4-2-1-3-5-10/h1-5,8-9H,(H,18,19). The normalized spacial score (nSPS) is 9.37. The molecule has 19 heavy (non-hydrogen) atoms. The van der Waals surface area contributed by atoms with E-state index in [0.29, 0.717) is 5.69 Å². The van der Waals surface area contributed by atoms with Gasteiger partial charge in [-0.2, -0.15) is 0 Å². The average Bonchev–Trinajstić information content (AvgIpc) is 2.42. The third-order valence-electron chi connectivity index (χ3n) is 2.15. The van der Waals surface area contributed by atoms with Crippen molar-refractivity contribution in [1.82, 2.24) is 4.98 Å². The second kappa shape index (κ2) is 6.37. The molecule has 0 aliphatic carbocycles. The van der Waals surface area contributed by atoms with E-state index in [2.05, 4.69) is 38.1 Å². The minimum atomic E-state index is -0.439. The zero-order valence-electron chi connectivity index (χ0n) is 9.65. The van der Waals surface area contributed by atoms with Crippen molar-refractivity contribution in [3.8, 4) is 11.8 Å². The monoisotopic (exact) mass is 334 g/mol. The molecule has 0 aliphatic rings. The highest BCUT2D eigenvalue weighted by Crippen LogP contribution is 2.22. The molecule has 0 aliphatic heterocycles. The minimum Gasteiger partial charge on any atom is -0.312 e. The first kappa shape index (κ1) is 13.6. The molecule has 0 unspecified atom stereocenters. The number of amides is 1. The zero-order valence-corrected chi connectivity index (χ0v) is 12.0. The number of halogens is 2. The van der Waals surface area contributed by atoms with Gasteiger partial charge in [-0.25, -0.2) is 4.98 Å². The van der Waals surface area contributed by atoms with Crippen LogP contribution in [0.15, 0.2) is 47.1 Å². The SMILES string of the molecule is O=C(C#Cc1ccccc1)Nc1cc(Br)cnc1Cl. The maximum absolute atomic E-state index is 11.7. The van der Waals surface area contributed by atoms with Gasteiger partial charge < -0.3 is 5.32 Å². The van der Waals surface area contributed by atoms with Gasteiger partial charge in [-0.1, -0.05) is 35.7 Å². The molecular formula is C14H8BrClN2O. The van der Waals surface area contributed by atoms with E-state index >= 15 is 0 Å². The molecule has 0 radical (unpaired) electrons. The summed E-state index contributed by atoms with van der Waals surface area (Å²) < 4.78 is 0.725. The molecule has 0 fully saturated rings. The quantitative estimate of drug-likeness (QED) is 0.640. The van der Waals surface area contributed by atoms with Crippen LogP contribution in [-0.4, -0.2) is 10.9 Å². The Morgan fingerprint density at radius 1 is 1.32 bits per heavy atom. The number of nitrogens with zero attached hydrogens (tertiary/aromatic N) is 1. The second-order valence-corrected chi connectivity index (χ2v) is 4.84. The van der Waals surface area contributed by atoms with Gasteiger partial charge in [0.15, 0.2) is 5.15 Å². The van der Waals surface area contributed by atoms with Crippen LogP contribution < -0.4 is 5.32 Å². The Bertz CT molecular complexity index is 662. The summed E-state index contributed by atoms with van der Waals surface area (Å²) in [6.07, 6.45) is 1.55. The fourth-order valence-electron chi connectivity index (χ4n) is 1.31. The van der Waals surface area contributed by atoms with Gasteiger partial charge in [0, 0.05) is 22.2 Å². The van der Waals surface area contributed by atoms with E-state index < -0.39 is 5.91 Å². The van der Waals surface area contributed by atoms with E-state index in [0.717, 1.165) is 10.0 Å². The van der Waals surface area contributed by atoms with E-state index in [1.807, 2.05) is 30.3 Å². The molecule has 0 saturated heterocycles. The molecule has 1 N–H and O–H groups in total. The van der Waals surface area contributed by atoms with Gasteiger partial charge in [0.1, 0.15) is 0 Å². The van der Waals surface area contributed by atoms with E-state index in [1.54, 1.807) is 12.3 Å². The van der Waals surface area contributed by atoms with Crippen molar-refractivity contribution in [2.75, 3.05) is 5.32 Å². The maximum Gasteiger partial charge on any atom is 0.300 e. The molecular weight excluding hydrogens is 328 g/mol. The summed E-state index contributed by atoms with van der Waals surface area (Å²) in [7, 11) is 0. The van der Waals surface area contributed by atoms with E-state index in [9.17, 15) is 4.79 Å². The first-order valence-corrected chi connectivity index (χ1v) is 6.51. The number of pyridine rings is 1. The van der Waals surface area contributed by atoms with Crippen LogP contribution in [0, 0.1) is 11.8 Å². The molecule has 2 aromatic rings. The molecule has 0 saturated carbocycles. The van der Waals surface area contributed by atoms with Crippen LogP contribution in [0.1, 0.15) is 5.56 Å². The van der Waals surface area contributed by atoms with E-state index in [-0.39, 0.29) is 5.15 Å². The fourth-order valence-corrected chi connectivity index (χ4v) is 1.80. The predicted molar refractivity (Wildman–Crippen MR) is 78.9 cm³/mol. The highest BCUT2D eigenvalue weighted by molar-refractivity contribution is 9.10. The number of hydrogen-bond donors (Lipinski definition) is 1. The lowest BCUT2D eigenvalue weighted by atomic mass is 10.2. The number of benzene rings is 1. The fraction of sp³-hybridized carbons (Fsp3) is 0. The summed E-state index contributed by atoms with van der Waals surface area (Å²) in [4.78, 5) is 15.6. The number of aromatic nitrogens is 1. The van der Waals surface area contributed by atoms with Crippen molar-refractivity contribution < 1.29 is 4.79 Å². The van der Waals surface area contributed by atoms with Crippen LogP contribution in [0.25, 0.3) is 0 Å². The van der Waals surface area contributed by atoms with Crippen molar-refractivity contribution in [2.24, 2.45) is 0 Å². The van der Waals surface area contributed by atoms with Gasteiger partial charge in [-0.05, 0) is 34.1 Å². The Hall–Kier alpha value is -1.83. The molecule has 1 aromatic heterocycles. The first-order valence-electron chi connectivity index (χ1n) is 5.34. The average molecular weight is 336 g/mol. The highest BCUT2D eigenvalue weighted by atomic mass is 79.9. The lowest BCUT2D eigenvalue weighted by molar-refractivity contribution is -0.111. The maximum atomic E-state index is 11.7. The van der Waals surface area contributed by atoms with Gasteiger partial charge in [0.05, 0.1) is 5.69 Å². The summed E-state index contributed by atoms with van der Waals surface area (Å²) in [5, 5.41) is 2.80. The Kier molecular flexibility index (Phi) is 4.56. The van der Waals surface area contributed by atoms with Gasteiger partial charge >= 0.3 is 5.91 Å². The van der Waals surface area contributed by atoms with Crippen LogP contribution in [0.4, 0.5) is 5.69 Å². The molecule has 2 rings (SSSR count). The third-order valence-corrected chi connectivity index (χ3v) is 2.88. The number of rotatable bonds is 1. The number of nitrogens with one attached hydrogen (secondary N) is 1. The third kappa shape index (κ3) is 4.09. The summed E-state index contributed by atoms with van der Waals surface area (Å²) in [5.41, 5.74) is 1.19. The number of carbonyl (C=O) groups excluding carboxylic acids is 1. The van der Waals surface area contributed by atoms with Crippen LogP contribution in [0.3, 0.4) is 0 Å². The molecule has 0 atom stereocenters. The topological polar surface area (TPSA) is 42.0 Å².